The van der Waals surface area contributed by atoms with Gasteiger partial charge in [0.25, 0.3) is 0 Å². The van der Waals surface area contributed by atoms with Crippen LogP contribution in [-0.2, 0) is 25.1 Å². The van der Waals surface area contributed by atoms with E-state index in [9.17, 15) is 17.6 Å². The molecule has 0 aliphatic rings. The highest BCUT2D eigenvalue weighted by molar-refractivity contribution is 7.90. The second-order valence-corrected chi connectivity index (χ2v) is 5.96. The van der Waals surface area contributed by atoms with Gasteiger partial charge in [-0.3, -0.25) is 4.79 Å². The summed E-state index contributed by atoms with van der Waals surface area (Å²) in [4.78, 5) is 10.8. The first-order chi connectivity index (χ1) is 8.34. The molecule has 18 heavy (non-hydrogen) atoms. The highest BCUT2D eigenvalue weighted by Gasteiger charge is 2.15. The first kappa shape index (κ1) is 14.4. The maximum atomic E-state index is 13.1. The van der Waals surface area contributed by atoms with Gasteiger partial charge in [-0.15, -0.1) is 0 Å². The molecule has 0 aliphatic heterocycles. The topological polar surface area (TPSA) is 86.5 Å². The van der Waals surface area contributed by atoms with Crippen molar-refractivity contribution in [1.82, 2.24) is 0 Å². The Balaban J connectivity index is 2.70. The van der Waals surface area contributed by atoms with Crippen molar-refractivity contribution in [3.63, 3.8) is 0 Å². The van der Waals surface area contributed by atoms with E-state index in [-0.39, 0.29) is 23.6 Å². The normalized spacial score (nSPS) is 11.2. The van der Waals surface area contributed by atoms with Gasteiger partial charge in [0, 0.05) is 0 Å². The van der Waals surface area contributed by atoms with Crippen LogP contribution in [0.5, 0.6) is 0 Å². The monoisotopic (exact) mass is 275 g/mol. The third-order valence-corrected chi connectivity index (χ3v) is 3.90. The smallest absolute Gasteiger partial charge is 0.306 e. The van der Waals surface area contributed by atoms with Crippen molar-refractivity contribution in [3.8, 4) is 0 Å². The Morgan fingerprint density at radius 1 is 1.44 bits per heavy atom. The summed E-state index contributed by atoms with van der Waals surface area (Å²) in [7, 11) is -2.29. The molecule has 1 aromatic carbocycles. The van der Waals surface area contributed by atoms with Crippen molar-refractivity contribution in [3.05, 3.63) is 29.6 Å². The molecule has 1 aromatic rings. The van der Waals surface area contributed by atoms with E-state index in [1.165, 1.54) is 19.2 Å². The van der Waals surface area contributed by atoms with Crippen molar-refractivity contribution in [1.29, 1.82) is 0 Å². The number of methoxy groups -OCH3 is 1. The molecule has 0 bridgehead atoms. The molecule has 0 saturated heterocycles. The van der Waals surface area contributed by atoms with E-state index in [0.29, 0.717) is 5.56 Å². The lowest BCUT2D eigenvalue weighted by atomic mass is 10.2. The molecule has 0 heterocycles. The molecule has 0 spiro atoms. The van der Waals surface area contributed by atoms with Crippen LogP contribution in [0.2, 0.25) is 0 Å². The van der Waals surface area contributed by atoms with Gasteiger partial charge in [-0.05, 0) is 17.7 Å². The van der Waals surface area contributed by atoms with E-state index in [1.54, 1.807) is 0 Å². The lowest BCUT2D eigenvalue weighted by Crippen LogP contribution is -2.14. The standard InChI is InChI=1S/C11H14FNO4S/c1-17-11(14)4-5-18(15,16)7-8-2-3-10(13)9(12)6-8/h2-3,6H,4-5,7,13H2,1H3. The predicted octanol–water partition coefficient (Wildman–Crippen LogP) is 0.886. The first-order valence-corrected chi connectivity index (χ1v) is 6.97. The third kappa shape index (κ3) is 4.33. The van der Waals surface area contributed by atoms with Crippen molar-refractivity contribution in [2.45, 2.75) is 12.2 Å². The van der Waals surface area contributed by atoms with Crippen molar-refractivity contribution >= 4 is 21.5 Å². The number of ether oxygens (including phenoxy) is 1. The number of carbonyl (C=O) groups is 1. The molecule has 0 atom stereocenters. The fourth-order valence-corrected chi connectivity index (χ4v) is 2.64. The molecule has 0 amide bonds. The van der Waals surface area contributed by atoms with Gasteiger partial charge in [-0.25, -0.2) is 12.8 Å². The first-order valence-electron chi connectivity index (χ1n) is 5.15. The van der Waals surface area contributed by atoms with Gasteiger partial charge in [-0.2, -0.15) is 0 Å². The van der Waals surface area contributed by atoms with Crippen LogP contribution in [0.4, 0.5) is 10.1 Å². The zero-order chi connectivity index (χ0) is 13.8. The molecule has 0 fully saturated rings. The zero-order valence-electron chi connectivity index (χ0n) is 9.85. The Hall–Kier alpha value is -1.63. The Bertz CT molecular complexity index is 542. The van der Waals surface area contributed by atoms with Gasteiger partial charge in [0.2, 0.25) is 0 Å². The summed E-state index contributed by atoms with van der Waals surface area (Å²) in [6, 6.07) is 3.82. The molecule has 5 nitrogen and oxygen atoms in total. The largest absolute Gasteiger partial charge is 0.469 e. The average molecular weight is 275 g/mol. The molecule has 0 saturated carbocycles. The Morgan fingerprint density at radius 2 is 2.11 bits per heavy atom. The van der Waals surface area contributed by atoms with Crippen LogP contribution in [0.25, 0.3) is 0 Å². The summed E-state index contributed by atoms with van der Waals surface area (Å²) >= 11 is 0. The Morgan fingerprint density at radius 3 is 2.67 bits per heavy atom. The second kappa shape index (κ2) is 5.81. The number of hydrogen-bond donors (Lipinski definition) is 1. The number of nitrogen functional groups attached to an aromatic ring is 1. The summed E-state index contributed by atoms with van der Waals surface area (Å²) in [5, 5.41) is 0. The zero-order valence-corrected chi connectivity index (χ0v) is 10.7. The van der Waals surface area contributed by atoms with Crippen molar-refractivity contribution in [2.75, 3.05) is 18.6 Å². The molecule has 100 valence electrons. The van der Waals surface area contributed by atoms with Gasteiger partial charge >= 0.3 is 5.97 Å². The summed E-state index contributed by atoms with van der Waals surface area (Å²) in [5.41, 5.74) is 5.54. The number of esters is 1. The van der Waals surface area contributed by atoms with Gasteiger partial charge in [0.1, 0.15) is 5.82 Å². The number of nitrogens with two attached hydrogens (primary N) is 1. The Kier molecular flexibility index (Phi) is 4.66. The van der Waals surface area contributed by atoms with Gasteiger partial charge in [-0.1, -0.05) is 6.07 Å². The van der Waals surface area contributed by atoms with Gasteiger partial charge in [0.15, 0.2) is 9.84 Å². The van der Waals surface area contributed by atoms with E-state index in [4.69, 9.17) is 5.73 Å². The van der Waals surface area contributed by atoms with E-state index in [1.807, 2.05) is 0 Å². The maximum Gasteiger partial charge on any atom is 0.306 e. The fourth-order valence-electron chi connectivity index (χ4n) is 1.33. The van der Waals surface area contributed by atoms with Crippen LogP contribution < -0.4 is 5.73 Å². The van der Waals surface area contributed by atoms with Crippen molar-refractivity contribution in [2.24, 2.45) is 0 Å². The quantitative estimate of drug-likeness (QED) is 0.637. The van der Waals surface area contributed by atoms with E-state index < -0.39 is 21.6 Å². The SMILES string of the molecule is COC(=O)CCS(=O)(=O)Cc1ccc(N)c(F)c1. The summed E-state index contributed by atoms with van der Waals surface area (Å²) < 4.78 is 40.8. The number of rotatable bonds is 5. The average Bonchev–Trinajstić information content (AvgIpc) is 2.30. The summed E-state index contributed by atoms with van der Waals surface area (Å²) in [6.07, 6.45) is -0.212. The second-order valence-electron chi connectivity index (χ2n) is 3.77. The fraction of sp³-hybridized carbons (Fsp3) is 0.364. The van der Waals surface area contributed by atoms with E-state index in [0.717, 1.165) is 6.07 Å². The minimum Gasteiger partial charge on any atom is -0.469 e. The predicted molar refractivity (Wildman–Crippen MR) is 64.9 cm³/mol. The number of benzene rings is 1. The lowest BCUT2D eigenvalue weighted by Gasteiger charge is -2.05. The molecule has 7 heteroatoms. The van der Waals surface area contributed by atoms with Gasteiger partial charge in [0.05, 0.1) is 30.7 Å². The minimum atomic E-state index is -3.48. The molecule has 2 N–H and O–H groups in total. The molecule has 1 rings (SSSR count). The number of hydrogen-bond acceptors (Lipinski definition) is 5. The number of carbonyl (C=O) groups excluding carboxylic acids is 1. The molecule has 0 radical (unpaired) electrons. The summed E-state index contributed by atoms with van der Waals surface area (Å²) in [6.45, 7) is 0. The van der Waals surface area contributed by atoms with Gasteiger partial charge < -0.3 is 10.5 Å². The highest BCUT2D eigenvalue weighted by atomic mass is 32.2. The van der Waals surface area contributed by atoms with Crippen LogP contribution in [0.15, 0.2) is 18.2 Å². The molecular formula is C11H14FNO4S. The Labute approximate surface area is 105 Å². The molecular weight excluding hydrogens is 261 g/mol. The van der Waals surface area contributed by atoms with Crippen LogP contribution in [0.3, 0.4) is 0 Å². The minimum absolute atomic E-state index is 0.0364. The number of sulfone groups is 1. The summed E-state index contributed by atoms with van der Waals surface area (Å²) in [5.74, 6) is -1.91. The molecule has 0 aromatic heterocycles. The van der Waals surface area contributed by atoms with E-state index >= 15 is 0 Å². The third-order valence-electron chi connectivity index (χ3n) is 2.30. The number of halogens is 1. The molecule has 0 aliphatic carbocycles. The highest BCUT2D eigenvalue weighted by Crippen LogP contribution is 2.15. The van der Waals surface area contributed by atoms with Crippen LogP contribution >= 0.6 is 0 Å². The van der Waals surface area contributed by atoms with Crippen LogP contribution in [-0.4, -0.2) is 27.2 Å². The van der Waals surface area contributed by atoms with Crippen LogP contribution in [0, 0.1) is 5.82 Å². The van der Waals surface area contributed by atoms with Crippen molar-refractivity contribution < 1.29 is 22.3 Å². The molecule has 0 unspecified atom stereocenters. The maximum absolute atomic E-state index is 13.1. The number of anilines is 1. The lowest BCUT2D eigenvalue weighted by molar-refractivity contribution is -0.140. The van der Waals surface area contributed by atoms with Crippen LogP contribution in [0.1, 0.15) is 12.0 Å². The van der Waals surface area contributed by atoms with E-state index in [2.05, 4.69) is 4.74 Å².